The maximum atomic E-state index is 12.3. The van der Waals surface area contributed by atoms with E-state index in [0.29, 0.717) is 12.3 Å². The molecule has 0 radical (unpaired) electrons. The third-order valence-corrected chi connectivity index (χ3v) is 4.98. The zero-order valence-corrected chi connectivity index (χ0v) is 16.0. The molecule has 6 heteroatoms. The van der Waals surface area contributed by atoms with Crippen LogP contribution in [0.3, 0.4) is 0 Å². The number of hydrogen-bond donors (Lipinski definition) is 2. The van der Waals surface area contributed by atoms with Gasteiger partial charge in [-0.3, -0.25) is 14.5 Å². The number of piperidine rings is 1. The maximum absolute atomic E-state index is 12.3. The molecule has 144 valence electrons. The zero-order chi connectivity index (χ0) is 19.2. The summed E-state index contributed by atoms with van der Waals surface area (Å²) < 4.78 is 5.24. The third-order valence-electron chi connectivity index (χ3n) is 4.98. The minimum atomic E-state index is -0.163. The molecular formula is C21H27N3O3. The van der Waals surface area contributed by atoms with Crippen LogP contribution in [0.1, 0.15) is 41.4 Å². The molecule has 2 heterocycles. The van der Waals surface area contributed by atoms with Crippen LogP contribution in [0.4, 0.5) is 5.69 Å². The van der Waals surface area contributed by atoms with Crippen LogP contribution in [0.5, 0.6) is 0 Å². The predicted octanol–water partition coefficient (Wildman–Crippen LogP) is 2.98. The van der Waals surface area contributed by atoms with Gasteiger partial charge in [0.15, 0.2) is 5.76 Å². The minimum Gasteiger partial charge on any atom is -0.459 e. The topological polar surface area (TPSA) is 74.6 Å². The van der Waals surface area contributed by atoms with Crippen molar-refractivity contribution in [2.45, 2.75) is 39.2 Å². The molecule has 2 N–H and O–H groups in total. The normalized spacial score (nSPS) is 15.5. The fraction of sp³-hybridized carbons (Fsp3) is 0.429. The number of nitrogens with one attached hydrogen (secondary N) is 2. The van der Waals surface area contributed by atoms with Gasteiger partial charge in [-0.1, -0.05) is 19.1 Å². The molecule has 0 aliphatic carbocycles. The van der Waals surface area contributed by atoms with Crippen molar-refractivity contribution in [1.29, 1.82) is 0 Å². The molecule has 0 spiro atoms. The van der Waals surface area contributed by atoms with E-state index in [2.05, 4.69) is 28.5 Å². The first-order valence-corrected chi connectivity index (χ1v) is 9.51. The van der Waals surface area contributed by atoms with Gasteiger partial charge in [0, 0.05) is 30.4 Å². The number of hydrogen-bond acceptors (Lipinski definition) is 4. The summed E-state index contributed by atoms with van der Waals surface area (Å²) >= 11 is 0. The zero-order valence-electron chi connectivity index (χ0n) is 16.0. The summed E-state index contributed by atoms with van der Waals surface area (Å²) in [5.41, 5.74) is 2.89. The summed E-state index contributed by atoms with van der Waals surface area (Å²) in [6, 6.07) is 9.84. The van der Waals surface area contributed by atoms with Gasteiger partial charge in [0.25, 0.3) is 5.91 Å². The molecule has 1 aromatic carbocycles. The van der Waals surface area contributed by atoms with Crippen molar-refractivity contribution >= 4 is 17.5 Å². The molecule has 1 aliphatic heterocycles. The highest BCUT2D eigenvalue weighted by atomic mass is 16.3. The van der Waals surface area contributed by atoms with Gasteiger partial charge in [0.05, 0.1) is 12.8 Å². The Bertz CT molecular complexity index is 791. The van der Waals surface area contributed by atoms with E-state index >= 15 is 0 Å². The second-order valence-electron chi connectivity index (χ2n) is 7.06. The smallest absolute Gasteiger partial charge is 0.287 e. The second kappa shape index (κ2) is 8.86. The first-order chi connectivity index (χ1) is 13.0. The van der Waals surface area contributed by atoms with Crippen LogP contribution in [0, 0.1) is 6.92 Å². The number of anilines is 1. The van der Waals surface area contributed by atoms with Crippen molar-refractivity contribution in [3.05, 3.63) is 53.5 Å². The average molecular weight is 369 g/mol. The van der Waals surface area contributed by atoms with E-state index in [1.54, 1.807) is 6.07 Å². The second-order valence-corrected chi connectivity index (χ2v) is 7.06. The Balaban J connectivity index is 1.43. The number of amides is 2. The van der Waals surface area contributed by atoms with Crippen LogP contribution in [0.2, 0.25) is 0 Å². The fourth-order valence-electron chi connectivity index (χ4n) is 3.36. The van der Waals surface area contributed by atoms with Crippen molar-refractivity contribution in [1.82, 2.24) is 10.2 Å². The summed E-state index contributed by atoms with van der Waals surface area (Å²) in [4.78, 5) is 26.6. The van der Waals surface area contributed by atoms with Crippen molar-refractivity contribution in [2.75, 3.05) is 25.0 Å². The van der Waals surface area contributed by atoms with Crippen LogP contribution < -0.4 is 10.6 Å². The summed E-state index contributed by atoms with van der Waals surface area (Å²) in [7, 11) is 0. The van der Waals surface area contributed by atoms with E-state index in [0.717, 1.165) is 43.6 Å². The van der Waals surface area contributed by atoms with Crippen molar-refractivity contribution < 1.29 is 14.0 Å². The first-order valence-electron chi connectivity index (χ1n) is 9.51. The van der Waals surface area contributed by atoms with Crippen LogP contribution >= 0.6 is 0 Å². The largest absolute Gasteiger partial charge is 0.459 e. The number of nitrogens with zero attached hydrogens (tertiary/aromatic N) is 1. The average Bonchev–Trinajstić information content (AvgIpc) is 3.09. The van der Waals surface area contributed by atoms with Crippen LogP contribution in [0.25, 0.3) is 0 Å². The summed E-state index contributed by atoms with van der Waals surface area (Å²) in [5.74, 6) is 0.215. The number of furan rings is 1. The molecule has 1 aromatic heterocycles. The van der Waals surface area contributed by atoms with Gasteiger partial charge >= 0.3 is 0 Å². The van der Waals surface area contributed by atoms with Crippen LogP contribution in [0.15, 0.2) is 41.0 Å². The monoisotopic (exact) mass is 369 g/mol. The molecule has 0 atom stereocenters. The Hall–Kier alpha value is -2.60. The maximum Gasteiger partial charge on any atom is 0.287 e. The molecule has 2 aromatic rings. The highest BCUT2D eigenvalue weighted by molar-refractivity contribution is 5.93. The highest BCUT2D eigenvalue weighted by Gasteiger charge is 2.24. The SMILES string of the molecule is CCc1cccc(NC(=O)CN2CCC(NC(=O)c3occc3C)CC2)c1. The van der Waals surface area contributed by atoms with Gasteiger partial charge in [0.1, 0.15) is 0 Å². The molecule has 2 amide bonds. The molecule has 1 fully saturated rings. The van der Waals surface area contributed by atoms with Crippen LogP contribution in [-0.4, -0.2) is 42.4 Å². The molecule has 27 heavy (non-hydrogen) atoms. The third kappa shape index (κ3) is 5.20. The molecule has 0 bridgehead atoms. The lowest BCUT2D eigenvalue weighted by molar-refractivity contribution is -0.117. The summed E-state index contributed by atoms with van der Waals surface area (Å²) in [6.45, 7) is 5.89. The Kier molecular flexibility index (Phi) is 6.29. The molecule has 0 unspecified atom stereocenters. The lowest BCUT2D eigenvalue weighted by Crippen LogP contribution is -2.46. The van der Waals surface area contributed by atoms with Crippen LogP contribution in [-0.2, 0) is 11.2 Å². The van der Waals surface area contributed by atoms with Crippen molar-refractivity contribution in [3.63, 3.8) is 0 Å². The lowest BCUT2D eigenvalue weighted by Gasteiger charge is -2.31. The number of carbonyl (C=O) groups excluding carboxylic acids is 2. The number of aryl methyl sites for hydroxylation is 2. The Morgan fingerprint density at radius 2 is 2.00 bits per heavy atom. The van der Waals surface area contributed by atoms with E-state index in [-0.39, 0.29) is 17.9 Å². The van der Waals surface area contributed by atoms with Crippen molar-refractivity contribution in [3.8, 4) is 0 Å². The fourth-order valence-corrected chi connectivity index (χ4v) is 3.36. The standard InChI is InChI=1S/C21H27N3O3/c1-3-16-5-4-6-18(13-16)22-19(25)14-24-10-7-17(8-11-24)23-21(26)20-15(2)9-12-27-20/h4-6,9,12-13,17H,3,7-8,10-11,14H2,1-2H3,(H,22,25)(H,23,26). The predicted molar refractivity (Wildman–Crippen MR) is 105 cm³/mol. The Morgan fingerprint density at radius 3 is 2.67 bits per heavy atom. The Labute approximate surface area is 159 Å². The molecule has 1 aliphatic rings. The van der Waals surface area contributed by atoms with Gasteiger partial charge in [-0.2, -0.15) is 0 Å². The van der Waals surface area contributed by atoms with Gasteiger partial charge in [-0.05, 0) is 49.9 Å². The van der Waals surface area contributed by atoms with E-state index in [1.165, 1.54) is 11.8 Å². The lowest BCUT2D eigenvalue weighted by atomic mass is 10.0. The van der Waals surface area contributed by atoms with Gasteiger partial charge < -0.3 is 15.1 Å². The molecule has 6 nitrogen and oxygen atoms in total. The van der Waals surface area contributed by atoms with E-state index < -0.39 is 0 Å². The molecular weight excluding hydrogens is 342 g/mol. The van der Waals surface area contributed by atoms with Gasteiger partial charge in [-0.25, -0.2) is 0 Å². The van der Waals surface area contributed by atoms with Crippen molar-refractivity contribution in [2.24, 2.45) is 0 Å². The highest BCUT2D eigenvalue weighted by Crippen LogP contribution is 2.15. The number of rotatable bonds is 6. The van der Waals surface area contributed by atoms with Gasteiger partial charge in [0.2, 0.25) is 5.91 Å². The molecule has 3 rings (SSSR count). The summed E-state index contributed by atoms with van der Waals surface area (Å²) in [5, 5.41) is 6.00. The van der Waals surface area contributed by atoms with E-state index in [9.17, 15) is 9.59 Å². The number of benzene rings is 1. The molecule has 1 saturated heterocycles. The number of carbonyl (C=O) groups is 2. The Morgan fingerprint density at radius 1 is 1.22 bits per heavy atom. The minimum absolute atomic E-state index is 0.00283. The number of likely N-dealkylation sites (tertiary alicyclic amines) is 1. The quantitative estimate of drug-likeness (QED) is 0.821. The van der Waals surface area contributed by atoms with Gasteiger partial charge in [-0.15, -0.1) is 0 Å². The first kappa shape index (κ1) is 19.2. The van der Waals surface area contributed by atoms with E-state index in [1.807, 2.05) is 25.1 Å². The van der Waals surface area contributed by atoms with E-state index in [4.69, 9.17) is 4.42 Å². The molecule has 0 saturated carbocycles. The summed E-state index contributed by atoms with van der Waals surface area (Å²) in [6.07, 6.45) is 4.12.